The molecule has 0 radical (unpaired) electrons. The predicted octanol–water partition coefficient (Wildman–Crippen LogP) is 3.18. The third kappa shape index (κ3) is 6.05. The van der Waals surface area contributed by atoms with Crippen molar-refractivity contribution in [3.63, 3.8) is 0 Å². The van der Waals surface area contributed by atoms with Crippen LogP contribution in [0, 0.1) is 6.92 Å². The van der Waals surface area contributed by atoms with Crippen molar-refractivity contribution in [1.29, 1.82) is 0 Å². The van der Waals surface area contributed by atoms with Crippen LogP contribution in [0.1, 0.15) is 17.9 Å². The first kappa shape index (κ1) is 21.8. The Morgan fingerprint density at radius 3 is 2.52 bits per heavy atom. The smallest absolute Gasteiger partial charge is 0.306 e. The molecule has 0 unspecified atom stereocenters. The minimum absolute atomic E-state index is 0.00860. The second kappa shape index (κ2) is 10.2. The fourth-order valence-electron chi connectivity index (χ4n) is 2.68. The molecule has 0 bridgehead atoms. The number of anilines is 1. The molecule has 0 saturated carbocycles. The Bertz CT molecular complexity index is 1050. The molecule has 31 heavy (non-hydrogen) atoms. The van der Waals surface area contributed by atoms with Crippen molar-refractivity contribution in [3.05, 3.63) is 53.9 Å². The zero-order chi connectivity index (χ0) is 22.2. The molecule has 0 aliphatic carbocycles. The van der Waals surface area contributed by atoms with Gasteiger partial charge in [0.1, 0.15) is 11.5 Å². The topological polar surface area (TPSA) is 113 Å². The van der Waals surface area contributed by atoms with E-state index in [-0.39, 0.29) is 12.8 Å². The van der Waals surface area contributed by atoms with E-state index in [9.17, 15) is 9.59 Å². The average Bonchev–Trinajstić information content (AvgIpc) is 3.26. The Balaban J connectivity index is 1.45. The second-order valence-corrected chi connectivity index (χ2v) is 6.64. The average molecular weight is 425 g/mol. The highest BCUT2D eigenvalue weighted by Crippen LogP contribution is 2.28. The Morgan fingerprint density at radius 1 is 1.03 bits per heavy atom. The molecule has 2 aromatic carbocycles. The van der Waals surface area contributed by atoms with Gasteiger partial charge in [0, 0.05) is 18.1 Å². The molecule has 0 spiro atoms. The molecule has 0 fully saturated rings. The van der Waals surface area contributed by atoms with Crippen molar-refractivity contribution in [3.8, 4) is 23.0 Å². The van der Waals surface area contributed by atoms with Crippen LogP contribution in [-0.4, -0.2) is 42.9 Å². The van der Waals surface area contributed by atoms with Gasteiger partial charge in [-0.25, -0.2) is 0 Å². The van der Waals surface area contributed by atoms with Gasteiger partial charge in [0.25, 0.3) is 5.91 Å². The fourth-order valence-corrected chi connectivity index (χ4v) is 2.68. The maximum atomic E-state index is 12.1. The number of carbonyl (C=O) groups is 2. The highest BCUT2D eigenvalue weighted by atomic mass is 16.5. The highest BCUT2D eigenvalue weighted by Gasteiger charge is 2.14. The number of nitrogens with zero attached hydrogens (tertiary/aromatic N) is 2. The molecular formula is C22H23N3O6. The summed E-state index contributed by atoms with van der Waals surface area (Å²) in [5, 5.41) is 10.6. The molecular weight excluding hydrogens is 402 g/mol. The molecule has 0 saturated heterocycles. The molecule has 0 aliphatic rings. The first-order valence-electron chi connectivity index (χ1n) is 9.55. The predicted molar refractivity (Wildman–Crippen MR) is 112 cm³/mol. The van der Waals surface area contributed by atoms with Crippen molar-refractivity contribution in [1.82, 2.24) is 10.2 Å². The minimum atomic E-state index is -0.549. The molecule has 1 aromatic heterocycles. The maximum Gasteiger partial charge on any atom is 0.306 e. The second-order valence-electron chi connectivity index (χ2n) is 6.64. The van der Waals surface area contributed by atoms with Crippen LogP contribution in [-0.2, 0) is 20.7 Å². The van der Waals surface area contributed by atoms with E-state index in [0.29, 0.717) is 29.0 Å². The van der Waals surface area contributed by atoms with Gasteiger partial charge in [-0.05, 0) is 31.2 Å². The standard InChI is InChI=1S/C22H23N3O6/c1-14-4-6-15(7-5-14)22-25-24-20(31-22)10-11-21(27)30-13-19(26)23-17-9-8-16(28-2)12-18(17)29-3/h4-9,12H,10-11,13H2,1-3H3,(H,23,26). The van der Waals surface area contributed by atoms with Gasteiger partial charge in [-0.2, -0.15) is 0 Å². The largest absolute Gasteiger partial charge is 0.497 e. The lowest BCUT2D eigenvalue weighted by molar-refractivity contribution is -0.147. The van der Waals surface area contributed by atoms with Gasteiger partial charge >= 0.3 is 5.97 Å². The van der Waals surface area contributed by atoms with Gasteiger partial charge in [-0.15, -0.1) is 10.2 Å². The summed E-state index contributed by atoms with van der Waals surface area (Å²) in [7, 11) is 3.01. The van der Waals surface area contributed by atoms with Crippen LogP contribution in [0.2, 0.25) is 0 Å². The molecule has 9 heteroatoms. The lowest BCUT2D eigenvalue weighted by Crippen LogP contribution is -2.21. The van der Waals surface area contributed by atoms with Crippen LogP contribution in [0.25, 0.3) is 11.5 Å². The number of aromatic nitrogens is 2. The van der Waals surface area contributed by atoms with Crippen LogP contribution in [0.15, 0.2) is 46.9 Å². The van der Waals surface area contributed by atoms with Crippen molar-refractivity contribution in [2.45, 2.75) is 19.8 Å². The first-order chi connectivity index (χ1) is 15.0. The molecule has 162 valence electrons. The molecule has 1 N–H and O–H groups in total. The summed E-state index contributed by atoms with van der Waals surface area (Å²) in [6.07, 6.45) is 0.223. The number of nitrogens with one attached hydrogen (secondary N) is 1. The van der Waals surface area contributed by atoms with E-state index < -0.39 is 18.5 Å². The quantitative estimate of drug-likeness (QED) is 0.520. The van der Waals surface area contributed by atoms with Crippen LogP contribution < -0.4 is 14.8 Å². The normalized spacial score (nSPS) is 10.4. The Hall–Kier alpha value is -3.88. The van der Waals surface area contributed by atoms with Crippen LogP contribution >= 0.6 is 0 Å². The summed E-state index contributed by atoms with van der Waals surface area (Å²) < 4.78 is 20.9. The van der Waals surface area contributed by atoms with Crippen molar-refractivity contribution >= 4 is 17.6 Å². The maximum absolute atomic E-state index is 12.1. The summed E-state index contributed by atoms with van der Waals surface area (Å²) in [6.45, 7) is 1.56. The molecule has 3 rings (SSSR count). The van der Waals surface area contributed by atoms with E-state index in [2.05, 4.69) is 15.5 Å². The molecule has 3 aromatic rings. The molecule has 9 nitrogen and oxygen atoms in total. The summed E-state index contributed by atoms with van der Waals surface area (Å²) in [5.74, 6) is 0.687. The minimum Gasteiger partial charge on any atom is -0.497 e. The molecule has 1 amide bonds. The van der Waals surface area contributed by atoms with E-state index in [0.717, 1.165) is 11.1 Å². The number of hydrogen-bond acceptors (Lipinski definition) is 8. The highest BCUT2D eigenvalue weighted by molar-refractivity contribution is 5.94. The van der Waals surface area contributed by atoms with Crippen molar-refractivity contribution in [2.24, 2.45) is 0 Å². The Morgan fingerprint density at radius 2 is 1.81 bits per heavy atom. The lowest BCUT2D eigenvalue weighted by Gasteiger charge is -2.11. The lowest BCUT2D eigenvalue weighted by atomic mass is 10.1. The third-order valence-electron chi connectivity index (χ3n) is 4.36. The Kier molecular flexibility index (Phi) is 7.21. The van der Waals surface area contributed by atoms with Gasteiger partial charge in [0.2, 0.25) is 11.8 Å². The summed E-state index contributed by atoms with van der Waals surface area (Å²) in [5.41, 5.74) is 2.37. The number of esters is 1. The van der Waals surface area contributed by atoms with E-state index in [4.69, 9.17) is 18.6 Å². The summed E-state index contributed by atoms with van der Waals surface area (Å²) >= 11 is 0. The summed E-state index contributed by atoms with van der Waals surface area (Å²) in [4.78, 5) is 24.0. The number of rotatable bonds is 9. The van der Waals surface area contributed by atoms with E-state index >= 15 is 0 Å². The number of hydrogen-bond donors (Lipinski definition) is 1. The zero-order valence-corrected chi connectivity index (χ0v) is 17.5. The van der Waals surface area contributed by atoms with Crippen LogP contribution in [0.4, 0.5) is 5.69 Å². The number of amides is 1. The van der Waals surface area contributed by atoms with Crippen molar-refractivity contribution < 1.29 is 28.2 Å². The van der Waals surface area contributed by atoms with E-state index in [1.54, 1.807) is 18.2 Å². The number of methoxy groups -OCH3 is 2. The first-order valence-corrected chi connectivity index (χ1v) is 9.55. The number of carbonyl (C=O) groups excluding carboxylic acids is 2. The van der Waals surface area contributed by atoms with Crippen LogP contribution in [0.3, 0.4) is 0 Å². The number of aryl methyl sites for hydroxylation is 2. The molecule has 0 atom stereocenters. The zero-order valence-electron chi connectivity index (χ0n) is 17.5. The van der Waals surface area contributed by atoms with E-state index in [1.165, 1.54) is 14.2 Å². The fraction of sp³-hybridized carbons (Fsp3) is 0.273. The molecule has 0 aliphatic heterocycles. The van der Waals surface area contributed by atoms with Gasteiger partial charge in [-0.3, -0.25) is 9.59 Å². The number of benzene rings is 2. The molecule has 1 heterocycles. The van der Waals surface area contributed by atoms with Gasteiger partial charge < -0.3 is 23.9 Å². The van der Waals surface area contributed by atoms with Gasteiger partial charge in [0.05, 0.1) is 26.3 Å². The van der Waals surface area contributed by atoms with Gasteiger partial charge in [0.15, 0.2) is 6.61 Å². The SMILES string of the molecule is COc1ccc(NC(=O)COC(=O)CCc2nnc(-c3ccc(C)cc3)o2)c(OC)c1. The monoisotopic (exact) mass is 425 g/mol. The van der Waals surface area contributed by atoms with Crippen LogP contribution in [0.5, 0.6) is 11.5 Å². The third-order valence-corrected chi connectivity index (χ3v) is 4.36. The summed E-state index contributed by atoms with van der Waals surface area (Å²) in [6, 6.07) is 12.6. The van der Waals surface area contributed by atoms with E-state index in [1.807, 2.05) is 31.2 Å². The van der Waals surface area contributed by atoms with Crippen molar-refractivity contribution in [2.75, 3.05) is 26.1 Å². The number of ether oxygens (including phenoxy) is 3. The van der Waals surface area contributed by atoms with Gasteiger partial charge in [-0.1, -0.05) is 17.7 Å². The Labute approximate surface area is 179 Å².